The topological polar surface area (TPSA) is 79.3 Å². The summed E-state index contributed by atoms with van der Waals surface area (Å²) in [5.41, 5.74) is 2.87. The van der Waals surface area contributed by atoms with Gasteiger partial charge in [-0.1, -0.05) is 69.3 Å². The minimum atomic E-state index is -0.789. The Kier molecular flexibility index (Phi) is 8.64. The van der Waals surface area contributed by atoms with Crippen molar-refractivity contribution in [3.05, 3.63) is 101 Å². The van der Waals surface area contributed by atoms with E-state index in [4.69, 9.17) is 9.47 Å². The van der Waals surface area contributed by atoms with Gasteiger partial charge in [0.25, 0.3) is 11.7 Å². The molecule has 3 aromatic rings. The van der Waals surface area contributed by atoms with Crippen LogP contribution in [-0.2, 0) is 21.6 Å². The molecule has 40 heavy (non-hydrogen) atoms. The fraction of sp³-hybridized carbons (Fsp3) is 0.333. The first-order chi connectivity index (χ1) is 19.0. The molecule has 0 bridgehead atoms. The Bertz CT molecular complexity index is 1410. The van der Waals surface area contributed by atoms with E-state index in [1.54, 1.807) is 6.07 Å². The van der Waals surface area contributed by atoms with Gasteiger partial charge in [0.15, 0.2) is 0 Å². The van der Waals surface area contributed by atoms with Crippen LogP contribution in [0, 0.1) is 0 Å². The van der Waals surface area contributed by atoms with E-state index >= 15 is 0 Å². The lowest BCUT2D eigenvalue weighted by molar-refractivity contribution is -0.140. The van der Waals surface area contributed by atoms with Crippen molar-refractivity contribution in [3.8, 4) is 11.5 Å². The number of likely N-dealkylation sites (N-methyl/N-ethyl adjacent to an activating group) is 1. The molecule has 0 aliphatic carbocycles. The summed E-state index contributed by atoms with van der Waals surface area (Å²) in [7, 11) is 5.34. The number of carbonyl (C=O) groups is 2. The van der Waals surface area contributed by atoms with Crippen LogP contribution in [0.5, 0.6) is 11.5 Å². The molecule has 4 rings (SSSR count). The fourth-order valence-electron chi connectivity index (χ4n) is 4.78. The van der Waals surface area contributed by atoms with Crippen molar-refractivity contribution in [2.24, 2.45) is 0 Å². The van der Waals surface area contributed by atoms with Crippen LogP contribution in [0.3, 0.4) is 0 Å². The number of ketones is 1. The van der Waals surface area contributed by atoms with Crippen LogP contribution < -0.4 is 9.47 Å². The Morgan fingerprint density at radius 1 is 0.975 bits per heavy atom. The van der Waals surface area contributed by atoms with Crippen LogP contribution in [0.1, 0.15) is 49.1 Å². The van der Waals surface area contributed by atoms with Gasteiger partial charge in [0, 0.05) is 13.1 Å². The number of amides is 1. The summed E-state index contributed by atoms with van der Waals surface area (Å²) >= 11 is 0. The lowest BCUT2D eigenvalue weighted by Crippen LogP contribution is -2.35. The van der Waals surface area contributed by atoms with Crippen molar-refractivity contribution < 1.29 is 24.2 Å². The molecule has 1 saturated heterocycles. The van der Waals surface area contributed by atoms with Crippen LogP contribution in [0.4, 0.5) is 0 Å². The SMILES string of the molecule is COc1ccc(C(C)(C)C)cc1/C(O)=C1\C(=O)C(=O)N(CCN(C)C)C1c1cccc(OCc2ccccc2)c1. The van der Waals surface area contributed by atoms with Crippen molar-refractivity contribution in [2.75, 3.05) is 34.3 Å². The standard InChI is InChI=1S/C33H38N2O5/c1-33(2,3)24-15-16-27(39-6)26(20-24)30(36)28-29(35(18-17-34(4)5)32(38)31(28)37)23-13-10-14-25(19-23)40-21-22-11-8-7-9-12-22/h7-16,19-20,29,36H,17-18,21H2,1-6H3/b30-28+. The predicted molar refractivity (Wildman–Crippen MR) is 156 cm³/mol. The summed E-state index contributed by atoms with van der Waals surface area (Å²) in [5, 5.41) is 11.7. The van der Waals surface area contributed by atoms with Crippen LogP contribution in [0.2, 0.25) is 0 Å². The normalized spacial score (nSPS) is 17.0. The third-order valence-corrected chi connectivity index (χ3v) is 7.07. The minimum Gasteiger partial charge on any atom is -0.507 e. The molecular formula is C33H38N2O5. The molecule has 0 aromatic heterocycles. The molecule has 210 valence electrons. The molecule has 1 atom stereocenters. The highest BCUT2D eigenvalue weighted by Crippen LogP contribution is 2.42. The van der Waals surface area contributed by atoms with Crippen LogP contribution in [-0.4, -0.2) is 60.9 Å². The zero-order chi connectivity index (χ0) is 29.0. The first-order valence-corrected chi connectivity index (χ1v) is 13.4. The summed E-state index contributed by atoms with van der Waals surface area (Å²) in [4.78, 5) is 30.4. The lowest BCUT2D eigenvalue weighted by Gasteiger charge is -2.27. The number of aliphatic hydroxyl groups is 1. The van der Waals surface area contributed by atoms with Gasteiger partial charge in [0.05, 0.1) is 24.3 Å². The molecule has 0 radical (unpaired) electrons. The van der Waals surface area contributed by atoms with E-state index in [0.29, 0.717) is 42.3 Å². The van der Waals surface area contributed by atoms with E-state index in [1.807, 2.05) is 85.7 Å². The number of hydrogen-bond acceptors (Lipinski definition) is 6. The highest BCUT2D eigenvalue weighted by atomic mass is 16.5. The monoisotopic (exact) mass is 542 g/mol. The second-order valence-corrected chi connectivity index (χ2v) is 11.3. The van der Waals surface area contributed by atoms with Crippen molar-refractivity contribution in [1.82, 2.24) is 9.80 Å². The first-order valence-electron chi connectivity index (χ1n) is 13.4. The van der Waals surface area contributed by atoms with Gasteiger partial charge in [-0.15, -0.1) is 0 Å². The second-order valence-electron chi connectivity index (χ2n) is 11.3. The van der Waals surface area contributed by atoms with E-state index in [0.717, 1.165) is 11.1 Å². The van der Waals surface area contributed by atoms with E-state index in [-0.39, 0.29) is 16.7 Å². The zero-order valence-electron chi connectivity index (χ0n) is 24.1. The molecule has 1 N–H and O–H groups in total. The summed E-state index contributed by atoms with van der Waals surface area (Å²) in [6.45, 7) is 7.45. The molecule has 1 aliphatic heterocycles. The van der Waals surface area contributed by atoms with Gasteiger partial charge < -0.3 is 24.4 Å². The van der Waals surface area contributed by atoms with E-state index in [1.165, 1.54) is 12.0 Å². The third kappa shape index (κ3) is 6.20. The molecule has 3 aromatic carbocycles. The van der Waals surface area contributed by atoms with E-state index in [9.17, 15) is 14.7 Å². The Labute approximate surface area is 236 Å². The van der Waals surface area contributed by atoms with Crippen LogP contribution >= 0.6 is 0 Å². The molecule has 7 heteroatoms. The van der Waals surface area contributed by atoms with Gasteiger partial charge in [0.2, 0.25) is 0 Å². The zero-order valence-corrected chi connectivity index (χ0v) is 24.1. The van der Waals surface area contributed by atoms with Crippen molar-refractivity contribution in [1.29, 1.82) is 0 Å². The Morgan fingerprint density at radius 2 is 1.70 bits per heavy atom. The number of Topliss-reactive ketones (excluding diaryl/α,β-unsaturated/α-hetero) is 1. The molecule has 1 amide bonds. The quantitative estimate of drug-likeness (QED) is 0.217. The Morgan fingerprint density at radius 3 is 2.35 bits per heavy atom. The first kappa shape index (κ1) is 28.9. The highest BCUT2D eigenvalue weighted by Gasteiger charge is 2.46. The number of rotatable bonds is 9. The maximum atomic E-state index is 13.5. The molecule has 0 saturated carbocycles. The van der Waals surface area contributed by atoms with Crippen molar-refractivity contribution in [2.45, 2.75) is 38.8 Å². The van der Waals surface area contributed by atoms with Crippen molar-refractivity contribution in [3.63, 3.8) is 0 Å². The maximum absolute atomic E-state index is 13.5. The Hall–Kier alpha value is -4.10. The minimum absolute atomic E-state index is 0.0355. The number of benzene rings is 3. The maximum Gasteiger partial charge on any atom is 0.295 e. The average Bonchev–Trinajstić information content (AvgIpc) is 3.19. The molecule has 7 nitrogen and oxygen atoms in total. The van der Waals surface area contributed by atoms with E-state index < -0.39 is 17.7 Å². The molecule has 1 aliphatic rings. The molecule has 0 spiro atoms. The summed E-state index contributed by atoms with van der Waals surface area (Å²) in [6, 6.07) is 22.0. The smallest absolute Gasteiger partial charge is 0.295 e. The second kappa shape index (κ2) is 12.0. The van der Waals surface area contributed by atoms with Gasteiger partial charge in [-0.25, -0.2) is 0 Å². The number of ether oxygens (including phenoxy) is 2. The number of hydrogen-bond donors (Lipinski definition) is 1. The van der Waals surface area contributed by atoms with Gasteiger partial charge in [-0.05, 0) is 60.5 Å². The van der Waals surface area contributed by atoms with Crippen LogP contribution in [0.25, 0.3) is 5.76 Å². The van der Waals surface area contributed by atoms with Gasteiger partial charge >= 0.3 is 0 Å². The van der Waals surface area contributed by atoms with Crippen LogP contribution in [0.15, 0.2) is 78.4 Å². The van der Waals surface area contributed by atoms with E-state index in [2.05, 4.69) is 20.8 Å². The molecule has 1 unspecified atom stereocenters. The average molecular weight is 543 g/mol. The number of likely N-dealkylation sites (tertiary alicyclic amines) is 1. The lowest BCUT2D eigenvalue weighted by atomic mass is 9.85. The summed E-state index contributed by atoms with van der Waals surface area (Å²) in [6.07, 6.45) is 0. The highest BCUT2D eigenvalue weighted by molar-refractivity contribution is 6.46. The largest absolute Gasteiger partial charge is 0.507 e. The van der Waals surface area contributed by atoms with Gasteiger partial charge in [-0.3, -0.25) is 9.59 Å². The molecule has 1 heterocycles. The predicted octanol–water partition coefficient (Wildman–Crippen LogP) is 5.56. The van der Waals surface area contributed by atoms with Gasteiger partial charge in [-0.2, -0.15) is 0 Å². The fourth-order valence-corrected chi connectivity index (χ4v) is 4.78. The summed E-state index contributed by atoms with van der Waals surface area (Å²) < 4.78 is 11.6. The Balaban J connectivity index is 1.82. The van der Waals surface area contributed by atoms with Crippen molar-refractivity contribution >= 4 is 17.4 Å². The number of nitrogens with zero attached hydrogens (tertiary/aromatic N) is 2. The summed E-state index contributed by atoms with van der Waals surface area (Å²) in [5.74, 6) is -0.597. The number of carbonyl (C=O) groups excluding carboxylic acids is 2. The molecule has 1 fully saturated rings. The number of aliphatic hydroxyl groups excluding tert-OH is 1. The third-order valence-electron chi connectivity index (χ3n) is 7.07. The molecular weight excluding hydrogens is 504 g/mol. The van der Waals surface area contributed by atoms with Gasteiger partial charge in [0.1, 0.15) is 23.9 Å². The number of methoxy groups -OCH3 is 1.